The molecule has 2 rings (SSSR count). The van der Waals surface area contributed by atoms with Gasteiger partial charge >= 0.3 is 0 Å². The van der Waals surface area contributed by atoms with Crippen molar-refractivity contribution >= 4 is 15.9 Å². The molecular weight excluding hydrogens is 270 g/mol. The Bertz CT molecular complexity index is 422. The van der Waals surface area contributed by atoms with Crippen LogP contribution in [-0.2, 0) is 6.42 Å². The summed E-state index contributed by atoms with van der Waals surface area (Å²) in [6, 6.07) is 6.06. The fourth-order valence-electron chi connectivity index (χ4n) is 1.68. The van der Waals surface area contributed by atoms with Gasteiger partial charge in [0.1, 0.15) is 5.76 Å². The van der Waals surface area contributed by atoms with Crippen LogP contribution in [0.3, 0.4) is 0 Å². The summed E-state index contributed by atoms with van der Waals surface area (Å²) in [4.78, 5) is 0. The highest BCUT2D eigenvalue weighted by molar-refractivity contribution is 9.10. The van der Waals surface area contributed by atoms with Crippen molar-refractivity contribution in [2.45, 2.75) is 19.4 Å². The van der Waals surface area contributed by atoms with Gasteiger partial charge in [0.2, 0.25) is 0 Å². The van der Waals surface area contributed by atoms with Crippen LogP contribution in [0.15, 0.2) is 44.2 Å². The molecule has 0 radical (unpaired) electrons. The van der Waals surface area contributed by atoms with Crippen LogP contribution in [0.5, 0.6) is 0 Å². The third-order valence-corrected chi connectivity index (χ3v) is 2.83. The summed E-state index contributed by atoms with van der Waals surface area (Å²) in [5, 5.41) is 3.39. The minimum Gasteiger partial charge on any atom is -0.472 e. The number of nitrogens with one attached hydrogen (secondary N) is 1. The monoisotopic (exact) mass is 283 g/mol. The van der Waals surface area contributed by atoms with E-state index >= 15 is 0 Å². The summed E-state index contributed by atoms with van der Waals surface area (Å²) in [6.45, 7) is 2.99. The van der Waals surface area contributed by atoms with Crippen LogP contribution < -0.4 is 5.32 Å². The molecule has 0 amide bonds. The second-order valence-electron chi connectivity index (χ2n) is 3.59. The molecule has 0 aliphatic carbocycles. The fourth-order valence-corrected chi connectivity index (χ4v) is 2.00. The Hall–Kier alpha value is -1.000. The largest absolute Gasteiger partial charge is 0.472 e. The lowest BCUT2D eigenvalue weighted by Gasteiger charge is -2.14. The molecular formula is C12H14BrNO2. The molecule has 4 heteroatoms. The molecule has 0 saturated carbocycles. The first kappa shape index (κ1) is 11.5. The number of hydrogen-bond acceptors (Lipinski definition) is 3. The van der Waals surface area contributed by atoms with E-state index in [1.54, 1.807) is 12.5 Å². The maximum absolute atomic E-state index is 5.57. The molecule has 0 aliphatic heterocycles. The van der Waals surface area contributed by atoms with Gasteiger partial charge in [-0.3, -0.25) is 0 Å². The van der Waals surface area contributed by atoms with Gasteiger partial charge in [0, 0.05) is 0 Å². The van der Waals surface area contributed by atoms with Crippen LogP contribution >= 0.6 is 15.9 Å². The molecule has 3 nitrogen and oxygen atoms in total. The maximum Gasteiger partial charge on any atom is 0.169 e. The van der Waals surface area contributed by atoms with Crippen LogP contribution in [0.25, 0.3) is 0 Å². The van der Waals surface area contributed by atoms with Gasteiger partial charge in [0.05, 0.1) is 18.6 Å². The molecule has 86 valence electrons. The minimum atomic E-state index is 0.189. The fraction of sp³-hybridized carbons (Fsp3) is 0.333. The zero-order valence-electron chi connectivity index (χ0n) is 9.07. The molecule has 2 aromatic heterocycles. The molecule has 1 unspecified atom stereocenters. The van der Waals surface area contributed by atoms with Gasteiger partial charge in [-0.1, -0.05) is 6.92 Å². The quantitative estimate of drug-likeness (QED) is 0.912. The molecule has 1 atom stereocenters. The van der Waals surface area contributed by atoms with E-state index in [1.165, 1.54) is 5.56 Å². The van der Waals surface area contributed by atoms with Crippen LogP contribution in [0.1, 0.15) is 24.3 Å². The van der Waals surface area contributed by atoms with Gasteiger partial charge < -0.3 is 14.2 Å². The number of furan rings is 2. The van der Waals surface area contributed by atoms with Crippen molar-refractivity contribution in [2.24, 2.45) is 0 Å². The standard InChI is InChI=1S/C12H14BrNO2/c1-2-14-10(7-9-5-6-15-8-9)11-3-4-12(13)16-11/h3-6,8,10,14H,2,7H2,1H3. The highest BCUT2D eigenvalue weighted by Gasteiger charge is 2.15. The minimum absolute atomic E-state index is 0.189. The molecule has 16 heavy (non-hydrogen) atoms. The first-order valence-corrected chi connectivity index (χ1v) is 6.08. The third-order valence-electron chi connectivity index (χ3n) is 2.41. The molecule has 0 spiro atoms. The molecule has 0 fully saturated rings. The summed E-state index contributed by atoms with van der Waals surface area (Å²) in [6.07, 6.45) is 4.32. The van der Waals surface area contributed by atoms with Crippen LogP contribution in [0.2, 0.25) is 0 Å². The van der Waals surface area contributed by atoms with Gasteiger partial charge in [-0.05, 0) is 52.7 Å². The average Bonchev–Trinajstić information content (AvgIpc) is 2.88. The second-order valence-corrected chi connectivity index (χ2v) is 4.37. The highest BCUT2D eigenvalue weighted by atomic mass is 79.9. The van der Waals surface area contributed by atoms with Crippen LogP contribution in [-0.4, -0.2) is 6.54 Å². The zero-order valence-corrected chi connectivity index (χ0v) is 10.7. The Morgan fingerprint density at radius 3 is 2.81 bits per heavy atom. The molecule has 0 aromatic carbocycles. The van der Waals surface area contributed by atoms with Crippen molar-refractivity contribution in [2.75, 3.05) is 6.54 Å². The first-order chi connectivity index (χ1) is 7.79. The Morgan fingerprint density at radius 1 is 1.38 bits per heavy atom. The number of rotatable bonds is 5. The molecule has 2 aromatic rings. The Kier molecular flexibility index (Phi) is 3.85. The lowest BCUT2D eigenvalue weighted by Crippen LogP contribution is -2.22. The number of likely N-dealkylation sites (N-methyl/N-ethyl adjacent to an activating group) is 1. The summed E-state index contributed by atoms with van der Waals surface area (Å²) < 4.78 is 11.4. The van der Waals surface area contributed by atoms with E-state index < -0.39 is 0 Å². The SMILES string of the molecule is CCNC(Cc1ccoc1)c1ccc(Br)o1. The van der Waals surface area contributed by atoms with Gasteiger partial charge in [-0.2, -0.15) is 0 Å². The van der Waals surface area contributed by atoms with Crippen molar-refractivity contribution in [1.82, 2.24) is 5.32 Å². The van der Waals surface area contributed by atoms with Crippen molar-refractivity contribution in [3.63, 3.8) is 0 Å². The van der Waals surface area contributed by atoms with E-state index in [0.717, 1.165) is 23.4 Å². The Labute approximate surface area is 103 Å². The van der Waals surface area contributed by atoms with Gasteiger partial charge in [-0.15, -0.1) is 0 Å². The van der Waals surface area contributed by atoms with Gasteiger partial charge in [0.15, 0.2) is 4.67 Å². The van der Waals surface area contributed by atoms with Crippen molar-refractivity contribution < 1.29 is 8.83 Å². The van der Waals surface area contributed by atoms with Crippen molar-refractivity contribution in [1.29, 1.82) is 0 Å². The van der Waals surface area contributed by atoms with E-state index in [-0.39, 0.29) is 6.04 Å². The number of hydrogen-bond donors (Lipinski definition) is 1. The highest BCUT2D eigenvalue weighted by Crippen LogP contribution is 2.23. The lowest BCUT2D eigenvalue weighted by molar-refractivity contribution is 0.404. The average molecular weight is 284 g/mol. The van der Waals surface area contributed by atoms with Crippen LogP contribution in [0, 0.1) is 0 Å². The molecule has 0 saturated heterocycles. The first-order valence-electron chi connectivity index (χ1n) is 5.29. The van der Waals surface area contributed by atoms with Crippen molar-refractivity contribution in [3.05, 3.63) is 46.7 Å². The van der Waals surface area contributed by atoms with Crippen molar-refractivity contribution in [3.8, 4) is 0 Å². The number of halogens is 1. The zero-order chi connectivity index (χ0) is 11.4. The normalized spacial score (nSPS) is 12.9. The predicted octanol–water partition coefficient (Wildman–Crippen LogP) is 3.53. The summed E-state index contributed by atoms with van der Waals surface area (Å²) in [5.74, 6) is 0.940. The molecule has 0 aliphatic rings. The van der Waals surface area contributed by atoms with Crippen LogP contribution in [0.4, 0.5) is 0 Å². The van der Waals surface area contributed by atoms with E-state index in [9.17, 15) is 0 Å². The molecule has 1 N–H and O–H groups in total. The van der Waals surface area contributed by atoms with E-state index in [2.05, 4.69) is 28.2 Å². The second kappa shape index (κ2) is 5.37. The maximum atomic E-state index is 5.57. The summed E-state index contributed by atoms with van der Waals surface area (Å²) in [7, 11) is 0. The summed E-state index contributed by atoms with van der Waals surface area (Å²) >= 11 is 3.32. The van der Waals surface area contributed by atoms with Gasteiger partial charge in [-0.25, -0.2) is 0 Å². The topological polar surface area (TPSA) is 38.3 Å². The summed E-state index contributed by atoms with van der Waals surface area (Å²) in [5.41, 5.74) is 1.17. The molecule has 0 bridgehead atoms. The van der Waals surface area contributed by atoms with E-state index in [1.807, 2.05) is 18.2 Å². The van der Waals surface area contributed by atoms with E-state index in [0.29, 0.717) is 0 Å². The molecule has 2 heterocycles. The smallest absolute Gasteiger partial charge is 0.169 e. The predicted molar refractivity (Wildman–Crippen MR) is 65.2 cm³/mol. The third kappa shape index (κ3) is 2.77. The Morgan fingerprint density at radius 2 is 2.25 bits per heavy atom. The lowest BCUT2D eigenvalue weighted by atomic mass is 10.1. The Balaban J connectivity index is 2.11. The van der Waals surface area contributed by atoms with Gasteiger partial charge in [0.25, 0.3) is 0 Å². The van der Waals surface area contributed by atoms with E-state index in [4.69, 9.17) is 8.83 Å².